The second kappa shape index (κ2) is 11.6. The summed E-state index contributed by atoms with van der Waals surface area (Å²) < 4.78 is 1.55. The summed E-state index contributed by atoms with van der Waals surface area (Å²) in [5.41, 5.74) is 2.66. The average Bonchev–Trinajstić information content (AvgIpc) is 3.61. The highest BCUT2D eigenvalue weighted by molar-refractivity contribution is 5.86. The third kappa shape index (κ3) is 6.03. The fraction of sp³-hybridized carbons (Fsp3) is 0.286. The number of nitrogens with one attached hydrogen (secondary N) is 3. The summed E-state index contributed by atoms with van der Waals surface area (Å²) in [6, 6.07) is 14.2. The molecule has 10 nitrogen and oxygen atoms in total. The van der Waals surface area contributed by atoms with Gasteiger partial charge in [0, 0.05) is 31.4 Å². The van der Waals surface area contributed by atoms with E-state index in [9.17, 15) is 9.59 Å². The first-order valence-corrected chi connectivity index (χ1v) is 12.8. The summed E-state index contributed by atoms with van der Waals surface area (Å²) in [5, 5.41) is 12.2. The van der Waals surface area contributed by atoms with Crippen molar-refractivity contribution in [2.24, 2.45) is 0 Å². The molecule has 0 unspecified atom stereocenters. The van der Waals surface area contributed by atoms with Crippen molar-refractivity contribution >= 4 is 28.4 Å². The molecule has 1 atom stereocenters. The van der Waals surface area contributed by atoms with Gasteiger partial charge in [-0.25, -0.2) is 14.5 Å². The second-order valence-corrected chi connectivity index (χ2v) is 9.28. The molecule has 5 rings (SSSR count). The van der Waals surface area contributed by atoms with Crippen LogP contribution in [0.1, 0.15) is 49.5 Å². The lowest BCUT2D eigenvalue weighted by molar-refractivity contribution is -0.121. The van der Waals surface area contributed by atoms with Crippen LogP contribution in [0.25, 0.3) is 27.8 Å². The third-order valence-corrected chi connectivity index (χ3v) is 6.55. The molecule has 3 N–H and O–H groups in total. The molecule has 0 radical (unpaired) electrons. The van der Waals surface area contributed by atoms with Crippen LogP contribution in [0, 0.1) is 0 Å². The Kier molecular flexibility index (Phi) is 7.67. The molecule has 0 fully saturated rings. The van der Waals surface area contributed by atoms with Gasteiger partial charge in [-0.15, -0.1) is 0 Å². The largest absolute Gasteiger partial charge is 0.359 e. The summed E-state index contributed by atoms with van der Waals surface area (Å²) in [6.45, 7) is 0. The van der Waals surface area contributed by atoms with Crippen LogP contribution in [0.4, 0.5) is 0 Å². The highest BCUT2D eigenvalue weighted by Gasteiger charge is 2.19. The van der Waals surface area contributed by atoms with Crippen LogP contribution in [0.2, 0.25) is 0 Å². The van der Waals surface area contributed by atoms with Crippen molar-refractivity contribution in [1.82, 2.24) is 40.2 Å². The summed E-state index contributed by atoms with van der Waals surface area (Å²) in [7, 11) is 1.65. The van der Waals surface area contributed by atoms with Crippen molar-refractivity contribution in [3.05, 3.63) is 78.8 Å². The normalized spacial score (nSPS) is 12.0. The molecule has 10 heteroatoms. The monoisotopic (exact) mass is 510 g/mol. The number of hydrogen-bond acceptors (Lipinski definition) is 6. The maximum Gasteiger partial charge on any atom is 0.252 e. The van der Waals surface area contributed by atoms with E-state index in [1.165, 1.54) is 11.7 Å². The van der Waals surface area contributed by atoms with Gasteiger partial charge in [-0.2, -0.15) is 10.1 Å². The van der Waals surface area contributed by atoms with E-state index < -0.39 is 0 Å². The van der Waals surface area contributed by atoms with Gasteiger partial charge in [0.15, 0.2) is 0 Å². The van der Waals surface area contributed by atoms with Crippen molar-refractivity contribution in [3.8, 4) is 11.3 Å². The first-order valence-electron chi connectivity index (χ1n) is 12.8. The molecular formula is C28H30N8O2. The third-order valence-electron chi connectivity index (χ3n) is 6.55. The number of unbranched alkanes of at least 4 members (excludes halogenated alkanes) is 2. The minimum atomic E-state index is -0.292. The molecule has 0 aliphatic carbocycles. The average molecular weight is 511 g/mol. The molecule has 2 aromatic carbocycles. The minimum absolute atomic E-state index is 0.0406. The Morgan fingerprint density at radius 3 is 2.71 bits per heavy atom. The lowest BCUT2D eigenvalue weighted by atomic mass is 10.1. The smallest absolute Gasteiger partial charge is 0.252 e. The molecule has 0 saturated carbocycles. The molecule has 38 heavy (non-hydrogen) atoms. The van der Waals surface area contributed by atoms with Gasteiger partial charge in [-0.05, 0) is 35.2 Å². The molecule has 0 spiro atoms. The Balaban J connectivity index is 1.30. The van der Waals surface area contributed by atoms with E-state index in [0.29, 0.717) is 24.4 Å². The van der Waals surface area contributed by atoms with Crippen molar-refractivity contribution in [2.45, 2.75) is 44.6 Å². The Morgan fingerprint density at radius 2 is 1.84 bits per heavy atom. The van der Waals surface area contributed by atoms with E-state index in [4.69, 9.17) is 0 Å². The van der Waals surface area contributed by atoms with Crippen LogP contribution >= 0.6 is 0 Å². The fourth-order valence-corrected chi connectivity index (χ4v) is 4.51. The highest BCUT2D eigenvalue weighted by atomic mass is 16.2. The highest BCUT2D eigenvalue weighted by Crippen LogP contribution is 2.26. The molecule has 3 heterocycles. The number of aromatic amines is 1. The Bertz CT molecular complexity index is 1560. The number of fused-ring (bicyclic) bond motifs is 2. The van der Waals surface area contributed by atoms with Gasteiger partial charge in [0.25, 0.3) is 5.78 Å². The van der Waals surface area contributed by atoms with Gasteiger partial charge in [0.05, 0.1) is 24.4 Å². The SMILES string of the molecule is CNC(=O)CCCCC[C@H](NC(=O)Cc1cnc2ncnn2c1)c1ncc(-c2ccc3ccccc3c2)[nH]1. The second-order valence-electron chi connectivity index (χ2n) is 9.28. The zero-order valence-electron chi connectivity index (χ0n) is 21.2. The quantitative estimate of drug-likeness (QED) is 0.232. The first-order chi connectivity index (χ1) is 18.6. The van der Waals surface area contributed by atoms with Crippen molar-refractivity contribution < 1.29 is 9.59 Å². The lowest BCUT2D eigenvalue weighted by Gasteiger charge is -2.17. The van der Waals surface area contributed by atoms with Gasteiger partial charge in [0.2, 0.25) is 11.8 Å². The molecule has 5 aromatic rings. The van der Waals surface area contributed by atoms with Crippen molar-refractivity contribution in [1.29, 1.82) is 0 Å². The number of rotatable bonds is 11. The van der Waals surface area contributed by atoms with Gasteiger partial charge >= 0.3 is 0 Å². The number of H-pyrrole nitrogens is 1. The predicted molar refractivity (Wildman–Crippen MR) is 144 cm³/mol. The Hall–Kier alpha value is -4.60. The van der Waals surface area contributed by atoms with Crippen molar-refractivity contribution in [3.63, 3.8) is 0 Å². The molecule has 0 saturated heterocycles. The van der Waals surface area contributed by atoms with E-state index in [-0.39, 0.29) is 24.3 Å². The number of nitrogens with zero attached hydrogens (tertiary/aromatic N) is 5. The van der Waals surface area contributed by atoms with E-state index >= 15 is 0 Å². The van der Waals surface area contributed by atoms with E-state index in [1.54, 1.807) is 24.0 Å². The van der Waals surface area contributed by atoms with Crippen LogP contribution in [0.15, 0.2) is 67.4 Å². The van der Waals surface area contributed by atoms with Crippen LogP contribution in [0.5, 0.6) is 0 Å². The fourth-order valence-electron chi connectivity index (χ4n) is 4.51. The van der Waals surface area contributed by atoms with E-state index in [1.807, 2.05) is 18.3 Å². The number of hydrogen-bond donors (Lipinski definition) is 3. The van der Waals surface area contributed by atoms with Crippen LogP contribution in [0.3, 0.4) is 0 Å². The maximum absolute atomic E-state index is 13.0. The predicted octanol–water partition coefficient (Wildman–Crippen LogP) is 3.76. The summed E-state index contributed by atoms with van der Waals surface area (Å²) >= 11 is 0. The first kappa shape index (κ1) is 25.1. The van der Waals surface area contributed by atoms with Gasteiger partial charge in [-0.1, -0.05) is 49.2 Å². The number of carbonyl (C=O) groups excluding carboxylic acids is 2. The maximum atomic E-state index is 13.0. The molecule has 0 aliphatic rings. The summed E-state index contributed by atoms with van der Waals surface area (Å²) in [6.07, 6.45) is 10.5. The Morgan fingerprint density at radius 1 is 0.974 bits per heavy atom. The molecule has 194 valence electrons. The number of benzene rings is 2. The van der Waals surface area contributed by atoms with Crippen LogP contribution in [-0.2, 0) is 16.0 Å². The standard InChI is InChI=1S/C28H30N8O2/c1-29-25(37)10-4-2-3-9-23(34-26(38)13-19-15-31-28-32-18-33-36(28)17-19)27-30-16-24(35-27)22-12-11-20-7-5-6-8-21(20)14-22/h5-8,11-12,14-18,23H,2-4,9-10,13H2,1H3,(H,29,37)(H,30,35)(H,34,38)/t23-/m0/s1. The van der Waals surface area contributed by atoms with Crippen LogP contribution in [-0.4, -0.2) is 48.4 Å². The molecule has 0 bridgehead atoms. The minimum Gasteiger partial charge on any atom is -0.359 e. The number of aromatic nitrogens is 6. The van der Waals surface area contributed by atoms with Gasteiger partial charge in [0.1, 0.15) is 12.2 Å². The molecular weight excluding hydrogens is 480 g/mol. The van der Waals surface area contributed by atoms with Crippen molar-refractivity contribution in [2.75, 3.05) is 7.05 Å². The number of imidazole rings is 1. The van der Waals surface area contributed by atoms with Crippen LogP contribution < -0.4 is 10.6 Å². The van der Waals surface area contributed by atoms with E-state index in [0.717, 1.165) is 41.5 Å². The summed E-state index contributed by atoms with van der Waals surface area (Å²) in [4.78, 5) is 40.9. The lowest BCUT2D eigenvalue weighted by Crippen LogP contribution is -2.30. The summed E-state index contributed by atoms with van der Waals surface area (Å²) in [5.74, 6) is 1.10. The molecule has 3 aromatic heterocycles. The Labute approximate surface area is 219 Å². The van der Waals surface area contributed by atoms with E-state index in [2.05, 4.69) is 66.0 Å². The number of amides is 2. The topological polar surface area (TPSA) is 130 Å². The number of carbonyl (C=O) groups is 2. The molecule has 2 amide bonds. The zero-order chi connectivity index (χ0) is 26.3. The molecule has 0 aliphatic heterocycles. The van der Waals surface area contributed by atoms with Gasteiger partial charge in [-0.3, -0.25) is 9.59 Å². The van der Waals surface area contributed by atoms with Gasteiger partial charge < -0.3 is 15.6 Å². The zero-order valence-corrected chi connectivity index (χ0v) is 21.2.